The molecule has 0 bridgehead atoms. The zero-order chi connectivity index (χ0) is 15.0. The first-order chi connectivity index (χ1) is 10.0. The third-order valence-corrected chi connectivity index (χ3v) is 4.37. The highest BCUT2D eigenvalue weighted by molar-refractivity contribution is 9.10. The van der Waals surface area contributed by atoms with Crippen molar-refractivity contribution in [2.24, 2.45) is 13.0 Å². The molecule has 0 aliphatic heterocycles. The fourth-order valence-electron chi connectivity index (χ4n) is 2.60. The second-order valence-electron chi connectivity index (χ2n) is 5.19. The number of amides is 1. The van der Waals surface area contributed by atoms with Gasteiger partial charge in [0.25, 0.3) is 0 Å². The summed E-state index contributed by atoms with van der Waals surface area (Å²) in [4.78, 5) is 12.4. The van der Waals surface area contributed by atoms with Gasteiger partial charge in [-0.15, -0.1) is 5.10 Å². The van der Waals surface area contributed by atoms with Crippen molar-refractivity contribution >= 4 is 39.1 Å². The Bertz CT molecular complexity index is 680. The highest BCUT2D eigenvalue weighted by atomic mass is 79.9. The summed E-state index contributed by atoms with van der Waals surface area (Å²) in [6.45, 7) is 0. The molecule has 1 heterocycles. The molecule has 0 saturated heterocycles. The Balaban J connectivity index is 1.73. The van der Waals surface area contributed by atoms with Crippen LogP contribution in [0, 0.1) is 5.92 Å². The van der Waals surface area contributed by atoms with Gasteiger partial charge in [0.1, 0.15) is 0 Å². The summed E-state index contributed by atoms with van der Waals surface area (Å²) in [5.74, 6) is -0.0523. The standard InChI is InChI=1S/C14H14BrClN4O/c1-20-13-4-8(2-3-12(13)18-19-20)14(21)17-11-6-9(15)5-10(16)7-11/h5-8H,2-4H2,1H3,(H,17,21). The molecule has 0 spiro atoms. The molecule has 1 atom stereocenters. The summed E-state index contributed by atoms with van der Waals surface area (Å²) in [6.07, 6.45) is 2.26. The number of aryl methyl sites for hydroxylation is 2. The van der Waals surface area contributed by atoms with E-state index in [9.17, 15) is 4.79 Å². The van der Waals surface area contributed by atoms with Crippen molar-refractivity contribution < 1.29 is 4.79 Å². The maximum absolute atomic E-state index is 12.4. The van der Waals surface area contributed by atoms with Crippen LogP contribution in [-0.2, 0) is 24.7 Å². The molecule has 0 fully saturated rings. The Labute approximate surface area is 135 Å². The Morgan fingerprint density at radius 2 is 2.29 bits per heavy atom. The van der Waals surface area contributed by atoms with Crippen LogP contribution in [0.15, 0.2) is 22.7 Å². The van der Waals surface area contributed by atoms with Crippen LogP contribution in [0.3, 0.4) is 0 Å². The molecule has 1 unspecified atom stereocenters. The van der Waals surface area contributed by atoms with Gasteiger partial charge in [-0.2, -0.15) is 0 Å². The topological polar surface area (TPSA) is 59.8 Å². The average Bonchev–Trinajstić information content (AvgIpc) is 2.79. The molecule has 1 aliphatic rings. The molecule has 3 rings (SSSR count). The molecule has 1 aliphatic carbocycles. The van der Waals surface area contributed by atoms with Gasteiger partial charge in [-0.3, -0.25) is 9.48 Å². The summed E-state index contributed by atoms with van der Waals surface area (Å²) >= 11 is 9.36. The van der Waals surface area contributed by atoms with Gasteiger partial charge in [-0.05, 0) is 31.0 Å². The number of fused-ring (bicyclic) bond motifs is 1. The Morgan fingerprint density at radius 3 is 3.05 bits per heavy atom. The van der Waals surface area contributed by atoms with E-state index < -0.39 is 0 Å². The van der Waals surface area contributed by atoms with Gasteiger partial charge < -0.3 is 5.32 Å². The molecule has 5 nitrogen and oxygen atoms in total. The van der Waals surface area contributed by atoms with Crippen LogP contribution in [-0.4, -0.2) is 20.9 Å². The molecule has 1 aromatic heterocycles. The predicted molar refractivity (Wildman–Crippen MR) is 84.3 cm³/mol. The van der Waals surface area contributed by atoms with Gasteiger partial charge in [0, 0.05) is 34.6 Å². The summed E-state index contributed by atoms with van der Waals surface area (Å²) in [5.41, 5.74) is 2.76. The largest absolute Gasteiger partial charge is 0.326 e. The Hall–Kier alpha value is -1.40. The maximum Gasteiger partial charge on any atom is 0.227 e. The normalized spacial score (nSPS) is 17.4. The van der Waals surface area contributed by atoms with Crippen molar-refractivity contribution in [1.29, 1.82) is 0 Å². The molecule has 1 aromatic carbocycles. The molecule has 1 amide bonds. The monoisotopic (exact) mass is 368 g/mol. The van der Waals surface area contributed by atoms with E-state index in [1.54, 1.807) is 16.8 Å². The quantitative estimate of drug-likeness (QED) is 0.885. The molecule has 0 radical (unpaired) electrons. The van der Waals surface area contributed by atoms with Gasteiger partial charge in [0.05, 0.1) is 11.4 Å². The average molecular weight is 370 g/mol. The number of halogens is 2. The van der Waals surface area contributed by atoms with Gasteiger partial charge in [-0.1, -0.05) is 32.7 Å². The van der Waals surface area contributed by atoms with E-state index in [-0.39, 0.29) is 11.8 Å². The van der Waals surface area contributed by atoms with E-state index in [2.05, 4.69) is 31.6 Å². The van der Waals surface area contributed by atoms with E-state index in [4.69, 9.17) is 11.6 Å². The van der Waals surface area contributed by atoms with Crippen LogP contribution < -0.4 is 5.32 Å². The molecule has 2 aromatic rings. The first-order valence-electron chi connectivity index (χ1n) is 6.67. The molecule has 7 heteroatoms. The van der Waals surface area contributed by atoms with Crippen molar-refractivity contribution in [2.75, 3.05) is 5.32 Å². The van der Waals surface area contributed by atoms with Crippen LogP contribution in [0.4, 0.5) is 5.69 Å². The molecular weight excluding hydrogens is 356 g/mol. The summed E-state index contributed by atoms with van der Waals surface area (Å²) in [7, 11) is 1.86. The smallest absolute Gasteiger partial charge is 0.227 e. The molecular formula is C14H14BrClN4O. The Kier molecular flexibility index (Phi) is 3.99. The number of anilines is 1. The van der Waals surface area contributed by atoms with Crippen LogP contribution in [0.2, 0.25) is 5.02 Å². The number of carbonyl (C=O) groups excluding carboxylic acids is 1. The first kappa shape index (κ1) is 14.5. The van der Waals surface area contributed by atoms with Crippen molar-refractivity contribution in [1.82, 2.24) is 15.0 Å². The third-order valence-electron chi connectivity index (χ3n) is 3.69. The van der Waals surface area contributed by atoms with Gasteiger partial charge >= 0.3 is 0 Å². The minimum atomic E-state index is -0.0625. The fraction of sp³-hybridized carbons (Fsp3) is 0.357. The predicted octanol–water partition coefficient (Wildman–Crippen LogP) is 2.97. The minimum Gasteiger partial charge on any atom is -0.326 e. The van der Waals surface area contributed by atoms with Crippen molar-refractivity contribution in [3.8, 4) is 0 Å². The SMILES string of the molecule is Cn1nnc2c1CC(C(=O)Nc1cc(Cl)cc(Br)c1)CC2. The number of nitrogens with zero attached hydrogens (tertiary/aromatic N) is 3. The lowest BCUT2D eigenvalue weighted by molar-refractivity contribution is -0.120. The fourth-order valence-corrected chi connectivity index (χ4v) is 3.46. The lowest BCUT2D eigenvalue weighted by atomic mass is 9.89. The molecule has 110 valence electrons. The van der Waals surface area contributed by atoms with E-state index in [0.717, 1.165) is 28.7 Å². The van der Waals surface area contributed by atoms with Crippen molar-refractivity contribution in [2.45, 2.75) is 19.3 Å². The number of benzene rings is 1. The highest BCUT2D eigenvalue weighted by Gasteiger charge is 2.28. The number of aromatic nitrogens is 3. The Morgan fingerprint density at radius 1 is 1.48 bits per heavy atom. The maximum atomic E-state index is 12.4. The molecule has 1 N–H and O–H groups in total. The van der Waals surface area contributed by atoms with Crippen LogP contribution >= 0.6 is 27.5 Å². The van der Waals surface area contributed by atoms with Crippen LogP contribution in [0.1, 0.15) is 17.8 Å². The van der Waals surface area contributed by atoms with Crippen LogP contribution in [0.5, 0.6) is 0 Å². The first-order valence-corrected chi connectivity index (χ1v) is 7.84. The van der Waals surface area contributed by atoms with E-state index in [1.165, 1.54) is 0 Å². The zero-order valence-corrected chi connectivity index (χ0v) is 13.8. The van der Waals surface area contributed by atoms with E-state index >= 15 is 0 Å². The van der Waals surface area contributed by atoms with E-state index in [0.29, 0.717) is 17.1 Å². The number of hydrogen-bond acceptors (Lipinski definition) is 3. The summed E-state index contributed by atoms with van der Waals surface area (Å²) in [5, 5.41) is 11.6. The summed E-state index contributed by atoms with van der Waals surface area (Å²) in [6, 6.07) is 5.36. The van der Waals surface area contributed by atoms with Crippen molar-refractivity contribution in [3.63, 3.8) is 0 Å². The van der Waals surface area contributed by atoms with Gasteiger partial charge in [0.2, 0.25) is 5.91 Å². The summed E-state index contributed by atoms with van der Waals surface area (Å²) < 4.78 is 2.59. The lowest BCUT2D eigenvalue weighted by Crippen LogP contribution is -2.29. The molecule has 21 heavy (non-hydrogen) atoms. The third kappa shape index (κ3) is 3.11. The second-order valence-corrected chi connectivity index (χ2v) is 6.55. The lowest BCUT2D eigenvalue weighted by Gasteiger charge is -2.21. The number of rotatable bonds is 2. The number of nitrogens with one attached hydrogen (secondary N) is 1. The van der Waals surface area contributed by atoms with Gasteiger partial charge in [0.15, 0.2) is 0 Å². The van der Waals surface area contributed by atoms with E-state index in [1.807, 2.05) is 13.1 Å². The molecule has 0 saturated carbocycles. The highest BCUT2D eigenvalue weighted by Crippen LogP contribution is 2.27. The number of hydrogen-bond donors (Lipinski definition) is 1. The van der Waals surface area contributed by atoms with Crippen molar-refractivity contribution in [3.05, 3.63) is 39.1 Å². The minimum absolute atomic E-state index is 0.0102. The van der Waals surface area contributed by atoms with Gasteiger partial charge in [-0.25, -0.2) is 0 Å². The second kappa shape index (κ2) is 5.77. The number of carbonyl (C=O) groups is 1. The van der Waals surface area contributed by atoms with Crippen LogP contribution in [0.25, 0.3) is 0 Å². The zero-order valence-electron chi connectivity index (χ0n) is 11.4.